The molecule has 9 heteroatoms. The Hall–Kier alpha value is -0.976. The van der Waals surface area contributed by atoms with E-state index in [-0.39, 0.29) is 22.3 Å². The van der Waals surface area contributed by atoms with Crippen LogP contribution >= 0.6 is 0 Å². The molecule has 0 amide bonds. The summed E-state index contributed by atoms with van der Waals surface area (Å²) in [5, 5.41) is 1.21. The Balaban J connectivity index is 1.88. The molecular weight excluding hydrogens is 533 g/mol. The fourth-order valence-electron chi connectivity index (χ4n) is 8.86. The maximum absolute atomic E-state index is 14.0. The predicted molar refractivity (Wildman–Crippen MR) is 154 cm³/mol. The summed E-state index contributed by atoms with van der Waals surface area (Å²) in [5.74, 6) is -0.00672. The van der Waals surface area contributed by atoms with Gasteiger partial charge < -0.3 is 18.1 Å². The van der Waals surface area contributed by atoms with Crippen LogP contribution in [-0.2, 0) is 28.2 Å². The number of methoxy groups -OCH3 is 1. The van der Waals surface area contributed by atoms with Gasteiger partial charge in [0.2, 0.25) is 5.79 Å². The molecule has 5 aliphatic rings. The van der Waals surface area contributed by atoms with E-state index in [9.17, 15) is 8.42 Å². The maximum Gasteiger partial charge on any atom is 0.338 e. The molecule has 1 heterocycles. The van der Waals surface area contributed by atoms with E-state index in [2.05, 4.69) is 60.1 Å². The zero-order valence-electron chi connectivity index (χ0n) is 25.0. The fraction of sp³-hybridized carbons (Fsp3) is 0.724. The molecule has 1 saturated heterocycles. The van der Waals surface area contributed by atoms with Gasteiger partial charge in [-0.05, 0) is 75.5 Å². The third-order valence-electron chi connectivity index (χ3n) is 10.4. The predicted octanol–water partition coefficient (Wildman–Crippen LogP) is 6.50. The molecule has 38 heavy (non-hydrogen) atoms. The van der Waals surface area contributed by atoms with Gasteiger partial charge in [0.25, 0.3) is 0 Å². The quantitative estimate of drug-likeness (QED) is 0.272. The minimum atomic E-state index is -4.09. The number of ether oxygens (including phenoxy) is 2. The van der Waals surface area contributed by atoms with Gasteiger partial charge in [0.1, 0.15) is 16.8 Å². The molecule has 0 aromatic heterocycles. The number of hydrogen-bond acceptors (Lipinski definition) is 6. The number of benzene rings is 1. The summed E-state index contributed by atoms with van der Waals surface area (Å²) in [6.45, 7) is 22.8. The van der Waals surface area contributed by atoms with E-state index < -0.39 is 43.1 Å². The first-order valence-electron chi connectivity index (χ1n) is 14.0. The molecule has 4 bridgehead atoms. The summed E-state index contributed by atoms with van der Waals surface area (Å²) in [6, 6.07) is 6.90. The highest BCUT2D eigenvalue weighted by molar-refractivity contribution is 7.86. The number of rotatable bonds is 7. The van der Waals surface area contributed by atoms with Crippen molar-refractivity contribution in [2.24, 2.45) is 28.1 Å². The maximum atomic E-state index is 14.0. The number of aryl methyl sites for hydroxylation is 1. The van der Waals surface area contributed by atoms with E-state index in [4.69, 9.17) is 18.1 Å². The van der Waals surface area contributed by atoms with Gasteiger partial charge in [-0.3, -0.25) is 0 Å². The van der Waals surface area contributed by atoms with Crippen molar-refractivity contribution >= 4 is 26.5 Å². The highest BCUT2D eigenvalue weighted by Gasteiger charge is 2.88. The molecule has 0 radical (unpaired) electrons. The van der Waals surface area contributed by atoms with Gasteiger partial charge in [-0.25, -0.2) is 0 Å². The molecule has 1 spiro atoms. The van der Waals surface area contributed by atoms with Crippen LogP contribution in [0.3, 0.4) is 0 Å². The van der Waals surface area contributed by atoms with E-state index in [1.807, 2.05) is 19.1 Å². The van der Waals surface area contributed by atoms with Crippen molar-refractivity contribution in [2.75, 3.05) is 13.7 Å². The van der Waals surface area contributed by atoms with Crippen LogP contribution in [0.5, 0.6) is 0 Å². The van der Waals surface area contributed by atoms with Crippen LogP contribution in [-0.4, -0.2) is 50.4 Å². The zero-order chi connectivity index (χ0) is 28.3. The lowest BCUT2D eigenvalue weighted by Crippen LogP contribution is -2.78. The topological polar surface area (TPSA) is 71.1 Å². The molecule has 6 unspecified atom stereocenters. The Morgan fingerprint density at radius 1 is 1.00 bits per heavy atom. The first-order chi connectivity index (χ1) is 17.3. The average Bonchev–Trinajstić information content (AvgIpc) is 3.22. The van der Waals surface area contributed by atoms with E-state index in [0.717, 1.165) is 18.4 Å². The third kappa shape index (κ3) is 3.35. The Labute approximate surface area is 231 Å². The van der Waals surface area contributed by atoms with Crippen molar-refractivity contribution < 1.29 is 26.5 Å². The van der Waals surface area contributed by atoms with Crippen LogP contribution in [0.2, 0.25) is 39.3 Å². The molecule has 1 aromatic rings. The van der Waals surface area contributed by atoms with Gasteiger partial charge in [-0.2, -0.15) is 8.42 Å². The standard InChI is InChI=1S/C29H46O6SSi2/c1-19-12-15-21(16-13-19)36(30,31)34-23-24(37(6,7)8)28-20(2)14-17-22(28)26(3)18-33-29(32-5,27(23,26)4)25(28)35-38(9,10)11/h12-13,15-16,20,22,25H,14,17-18H2,1-11H3/t20-,22?,25?,26?,27?,28?,29?/m1/s1. The molecule has 212 valence electrons. The molecular formula is C29H46O6SSi2. The molecule has 0 N–H and O–H groups in total. The molecule has 3 fully saturated rings. The highest BCUT2D eigenvalue weighted by Crippen LogP contribution is 2.83. The molecule has 7 atom stereocenters. The SMILES string of the molecule is COC12OCC3(C)C4CC[C@@H](C)C4(C([Si](C)(C)C)=C(OS(=O)(=O)c4ccc(C)cc4)C31C)C2O[Si](C)(C)C. The van der Waals surface area contributed by atoms with Crippen LogP contribution in [0.15, 0.2) is 40.1 Å². The minimum absolute atomic E-state index is 0.170. The minimum Gasteiger partial charge on any atom is -0.408 e. The largest absolute Gasteiger partial charge is 0.408 e. The first kappa shape index (κ1) is 28.5. The van der Waals surface area contributed by atoms with E-state index >= 15 is 0 Å². The van der Waals surface area contributed by atoms with Gasteiger partial charge in [0, 0.05) is 17.9 Å². The second-order valence-electron chi connectivity index (χ2n) is 14.6. The molecule has 4 aliphatic carbocycles. The van der Waals surface area contributed by atoms with E-state index in [1.165, 1.54) is 5.20 Å². The average molecular weight is 579 g/mol. The van der Waals surface area contributed by atoms with E-state index in [0.29, 0.717) is 18.3 Å². The van der Waals surface area contributed by atoms with Crippen molar-refractivity contribution in [1.82, 2.24) is 0 Å². The lowest BCUT2D eigenvalue weighted by atomic mass is 9.39. The van der Waals surface area contributed by atoms with Crippen molar-refractivity contribution in [1.29, 1.82) is 0 Å². The van der Waals surface area contributed by atoms with Crippen LogP contribution in [0.4, 0.5) is 0 Å². The highest BCUT2D eigenvalue weighted by atomic mass is 32.2. The zero-order valence-corrected chi connectivity index (χ0v) is 27.8. The summed E-state index contributed by atoms with van der Waals surface area (Å²) < 4.78 is 54.9. The van der Waals surface area contributed by atoms with Crippen molar-refractivity contribution in [3.05, 3.63) is 40.8 Å². The monoisotopic (exact) mass is 578 g/mol. The second-order valence-corrected chi connectivity index (χ2v) is 25.6. The van der Waals surface area contributed by atoms with Crippen LogP contribution in [0, 0.1) is 35.0 Å². The Bertz CT molecular complexity index is 1280. The van der Waals surface area contributed by atoms with Crippen molar-refractivity contribution in [3.63, 3.8) is 0 Å². The Morgan fingerprint density at radius 2 is 1.61 bits per heavy atom. The van der Waals surface area contributed by atoms with Gasteiger partial charge in [-0.1, -0.05) is 51.2 Å². The summed E-state index contributed by atoms with van der Waals surface area (Å²) in [7, 11) is -6.65. The second kappa shape index (κ2) is 8.29. The molecule has 1 aromatic carbocycles. The molecule has 6 nitrogen and oxygen atoms in total. The third-order valence-corrected chi connectivity index (χ3v) is 14.7. The normalized spacial score (nSPS) is 40.6. The summed E-state index contributed by atoms with van der Waals surface area (Å²) in [6.07, 6.45) is 1.80. The van der Waals surface area contributed by atoms with Crippen molar-refractivity contribution in [2.45, 2.75) is 96.6 Å². The summed E-state index contributed by atoms with van der Waals surface area (Å²) >= 11 is 0. The Morgan fingerprint density at radius 3 is 2.13 bits per heavy atom. The van der Waals surface area contributed by atoms with Crippen LogP contribution in [0.25, 0.3) is 0 Å². The van der Waals surface area contributed by atoms with Gasteiger partial charge in [0.15, 0.2) is 8.32 Å². The first-order valence-corrected chi connectivity index (χ1v) is 22.3. The Kier molecular flexibility index (Phi) is 6.23. The summed E-state index contributed by atoms with van der Waals surface area (Å²) in [5.41, 5.74) is -0.626. The lowest BCUT2D eigenvalue weighted by molar-refractivity contribution is -0.337. The number of hydrogen-bond donors (Lipinski definition) is 0. The fourth-order valence-corrected chi connectivity index (χ4v) is 13.9. The van der Waals surface area contributed by atoms with Crippen molar-refractivity contribution in [3.8, 4) is 0 Å². The summed E-state index contributed by atoms with van der Waals surface area (Å²) in [4.78, 5) is 0.170. The smallest absolute Gasteiger partial charge is 0.338 e. The van der Waals surface area contributed by atoms with Gasteiger partial charge in [-0.15, -0.1) is 0 Å². The molecule has 2 saturated carbocycles. The molecule has 6 rings (SSSR count). The molecule has 1 aliphatic heterocycles. The van der Waals surface area contributed by atoms with E-state index in [1.54, 1.807) is 19.2 Å². The van der Waals surface area contributed by atoms with Gasteiger partial charge >= 0.3 is 10.1 Å². The van der Waals surface area contributed by atoms with Gasteiger partial charge in [0.05, 0.1) is 20.1 Å². The van der Waals surface area contributed by atoms with Crippen LogP contribution < -0.4 is 0 Å². The van der Waals surface area contributed by atoms with Crippen LogP contribution in [0.1, 0.15) is 39.2 Å². The lowest BCUT2D eigenvalue weighted by Gasteiger charge is -2.71.